The van der Waals surface area contributed by atoms with E-state index in [2.05, 4.69) is 5.32 Å². The maximum Gasteiger partial charge on any atom is 0.407 e. The summed E-state index contributed by atoms with van der Waals surface area (Å²) in [6.45, 7) is 7.27. The largest absolute Gasteiger partial charge is 0.444 e. The molecular formula is C11H22N2O3. The molecule has 1 aliphatic heterocycles. The van der Waals surface area contributed by atoms with Crippen molar-refractivity contribution in [1.29, 1.82) is 0 Å². The summed E-state index contributed by atoms with van der Waals surface area (Å²) in [6, 6.07) is 0.164. The molecule has 1 heterocycles. The Balaban J connectivity index is 2.26. The molecule has 94 valence electrons. The number of ether oxygens (including phenoxy) is 1. The molecule has 0 aromatic carbocycles. The van der Waals surface area contributed by atoms with E-state index in [0.717, 1.165) is 25.9 Å². The predicted molar refractivity (Wildman–Crippen MR) is 61.1 cm³/mol. The summed E-state index contributed by atoms with van der Waals surface area (Å²) >= 11 is 0. The van der Waals surface area contributed by atoms with Crippen molar-refractivity contribution >= 4 is 6.09 Å². The number of hydrogen-bond donors (Lipinski definition) is 2. The Morgan fingerprint density at radius 1 is 1.44 bits per heavy atom. The number of rotatable bonds is 2. The molecular weight excluding hydrogens is 208 g/mol. The van der Waals surface area contributed by atoms with Gasteiger partial charge in [0, 0.05) is 19.1 Å². The van der Waals surface area contributed by atoms with Gasteiger partial charge in [0.15, 0.2) is 0 Å². The van der Waals surface area contributed by atoms with E-state index in [-0.39, 0.29) is 18.9 Å². The Morgan fingerprint density at radius 2 is 2.00 bits per heavy atom. The van der Waals surface area contributed by atoms with Crippen LogP contribution in [0, 0.1) is 0 Å². The summed E-state index contributed by atoms with van der Waals surface area (Å²) in [6.07, 6.45) is 1.37. The molecule has 1 fully saturated rings. The molecule has 0 aromatic rings. The van der Waals surface area contributed by atoms with Crippen molar-refractivity contribution < 1.29 is 14.6 Å². The quantitative estimate of drug-likeness (QED) is 0.740. The smallest absolute Gasteiger partial charge is 0.407 e. The molecule has 1 amide bonds. The highest BCUT2D eigenvalue weighted by atomic mass is 16.6. The third-order valence-corrected chi connectivity index (χ3v) is 2.51. The molecule has 0 unspecified atom stereocenters. The fraction of sp³-hybridized carbons (Fsp3) is 0.909. The lowest BCUT2D eigenvalue weighted by Crippen LogP contribution is -2.46. The van der Waals surface area contributed by atoms with Crippen molar-refractivity contribution in [3.05, 3.63) is 0 Å². The topological polar surface area (TPSA) is 61.8 Å². The summed E-state index contributed by atoms with van der Waals surface area (Å²) in [5.74, 6) is 0. The number of carbonyl (C=O) groups excluding carboxylic acids is 1. The summed E-state index contributed by atoms with van der Waals surface area (Å²) in [4.78, 5) is 13.4. The first-order valence-corrected chi connectivity index (χ1v) is 5.73. The van der Waals surface area contributed by atoms with Crippen LogP contribution in [0.2, 0.25) is 0 Å². The number of nitrogens with zero attached hydrogens (tertiary/aromatic N) is 1. The summed E-state index contributed by atoms with van der Waals surface area (Å²) < 4.78 is 5.18. The van der Waals surface area contributed by atoms with E-state index in [4.69, 9.17) is 9.84 Å². The van der Waals surface area contributed by atoms with Gasteiger partial charge in [-0.25, -0.2) is 4.79 Å². The number of hydrogen-bond acceptors (Lipinski definition) is 4. The van der Waals surface area contributed by atoms with Gasteiger partial charge in [-0.2, -0.15) is 0 Å². The first kappa shape index (κ1) is 13.3. The molecule has 5 nitrogen and oxygen atoms in total. The molecule has 1 aliphatic rings. The monoisotopic (exact) mass is 230 g/mol. The summed E-state index contributed by atoms with van der Waals surface area (Å²) in [5.41, 5.74) is -0.449. The standard InChI is InChI=1S/C11H22N2O3/c1-11(2,3)16-10(15)12-9-4-6-13(8-14)7-5-9/h9,14H,4-8H2,1-3H3,(H,12,15). The van der Waals surface area contributed by atoms with Gasteiger partial charge in [0.2, 0.25) is 0 Å². The van der Waals surface area contributed by atoms with Crippen LogP contribution in [0.4, 0.5) is 4.79 Å². The second-order valence-corrected chi connectivity index (χ2v) is 5.18. The second-order valence-electron chi connectivity index (χ2n) is 5.18. The van der Waals surface area contributed by atoms with Crippen LogP contribution >= 0.6 is 0 Å². The van der Waals surface area contributed by atoms with E-state index in [0.29, 0.717) is 0 Å². The number of aliphatic hydroxyl groups excluding tert-OH is 1. The van der Waals surface area contributed by atoms with Crippen LogP contribution in [0.5, 0.6) is 0 Å². The zero-order valence-electron chi connectivity index (χ0n) is 10.3. The third-order valence-electron chi connectivity index (χ3n) is 2.51. The van der Waals surface area contributed by atoms with Crippen LogP contribution in [0.25, 0.3) is 0 Å². The number of nitrogens with one attached hydrogen (secondary N) is 1. The van der Waals surface area contributed by atoms with Gasteiger partial charge in [-0.1, -0.05) is 0 Å². The van der Waals surface area contributed by atoms with Gasteiger partial charge >= 0.3 is 6.09 Å². The maximum absolute atomic E-state index is 11.5. The Labute approximate surface area is 96.8 Å². The van der Waals surface area contributed by atoms with E-state index < -0.39 is 5.60 Å². The van der Waals surface area contributed by atoms with Crippen molar-refractivity contribution in [2.75, 3.05) is 19.8 Å². The minimum absolute atomic E-state index is 0.0964. The van der Waals surface area contributed by atoms with Gasteiger partial charge in [0.1, 0.15) is 5.60 Å². The number of piperidine rings is 1. The lowest BCUT2D eigenvalue weighted by molar-refractivity contribution is 0.0437. The van der Waals surface area contributed by atoms with Gasteiger partial charge in [-0.3, -0.25) is 4.90 Å². The second kappa shape index (κ2) is 5.50. The van der Waals surface area contributed by atoms with E-state index in [1.54, 1.807) is 0 Å². The average molecular weight is 230 g/mol. The minimum Gasteiger partial charge on any atom is -0.444 e. The highest BCUT2D eigenvalue weighted by Crippen LogP contribution is 2.11. The first-order chi connectivity index (χ1) is 7.40. The SMILES string of the molecule is CC(C)(C)OC(=O)NC1CCN(CO)CC1. The van der Waals surface area contributed by atoms with E-state index in [1.807, 2.05) is 25.7 Å². The number of aliphatic hydroxyl groups is 1. The highest BCUT2D eigenvalue weighted by Gasteiger charge is 2.22. The molecule has 5 heteroatoms. The third kappa shape index (κ3) is 4.81. The molecule has 0 aliphatic carbocycles. The molecule has 1 saturated heterocycles. The maximum atomic E-state index is 11.5. The molecule has 1 rings (SSSR count). The van der Waals surface area contributed by atoms with Crippen molar-refractivity contribution in [3.8, 4) is 0 Å². The Hall–Kier alpha value is -0.810. The minimum atomic E-state index is -0.449. The Morgan fingerprint density at radius 3 is 2.44 bits per heavy atom. The van der Waals surface area contributed by atoms with Crippen LogP contribution in [0.1, 0.15) is 33.6 Å². The number of likely N-dealkylation sites (tertiary alicyclic amines) is 1. The fourth-order valence-corrected chi connectivity index (χ4v) is 1.69. The van der Waals surface area contributed by atoms with Crippen LogP contribution < -0.4 is 5.32 Å². The number of amides is 1. The van der Waals surface area contributed by atoms with Crippen LogP contribution in [0.15, 0.2) is 0 Å². The molecule has 0 aromatic heterocycles. The van der Waals surface area contributed by atoms with Crippen molar-refractivity contribution in [1.82, 2.24) is 10.2 Å². The lowest BCUT2D eigenvalue weighted by atomic mass is 10.1. The van der Waals surface area contributed by atoms with Crippen LogP contribution in [-0.2, 0) is 4.74 Å². The zero-order valence-corrected chi connectivity index (χ0v) is 10.3. The van der Waals surface area contributed by atoms with Gasteiger partial charge < -0.3 is 15.2 Å². The van der Waals surface area contributed by atoms with Crippen molar-refractivity contribution in [2.45, 2.75) is 45.3 Å². The molecule has 0 saturated carbocycles. The van der Waals surface area contributed by atoms with E-state index in [1.165, 1.54) is 0 Å². The molecule has 0 bridgehead atoms. The average Bonchev–Trinajstić information content (AvgIpc) is 2.16. The Kier molecular flexibility index (Phi) is 4.56. The van der Waals surface area contributed by atoms with Crippen LogP contribution in [0.3, 0.4) is 0 Å². The van der Waals surface area contributed by atoms with Gasteiger partial charge in [0.25, 0.3) is 0 Å². The van der Waals surface area contributed by atoms with Gasteiger partial charge in [-0.05, 0) is 33.6 Å². The van der Waals surface area contributed by atoms with Crippen LogP contribution in [-0.4, -0.2) is 47.6 Å². The summed E-state index contributed by atoms with van der Waals surface area (Å²) in [7, 11) is 0. The molecule has 0 spiro atoms. The van der Waals surface area contributed by atoms with E-state index in [9.17, 15) is 4.79 Å². The normalized spacial score (nSPS) is 19.5. The molecule has 2 N–H and O–H groups in total. The summed E-state index contributed by atoms with van der Waals surface area (Å²) in [5, 5.41) is 11.8. The van der Waals surface area contributed by atoms with Crippen molar-refractivity contribution in [2.24, 2.45) is 0 Å². The number of alkyl carbamates (subject to hydrolysis) is 1. The highest BCUT2D eigenvalue weighted by molar-refractivity contribution is 5.68. The predicted octanol–water partition coefficient (Wildman–Crippen LogP) is 0.925. The van der Waals surface area contributed by atoms with Crippen molar-refractivity contribution in [3.63, 3.8) is 0 Å². The van der Waals surface area contributed by atoms with E-state index >= 15 is 0 Å². The Bertz CT molecular complexity index is 230. The van der Waals surface area contributed by atoms with Gasteiger partial charge in [-0.15, -0.1) is 0 Å². The van der Waals surface area contributed by atoms with Gasteiger partial charge in [0.05, 0.1) is 6.73 Å². The molecule has 0 radical (unpaired) electrons. The zero-order chi connectivity index (χ0) is 12.2. The molecule has 16 heavy (non-hydrogen) atoms. The molecule has 0 atom stereocenters. The lowest BCUT2D eigenvalue weighted by Gasteiger charge is -2.31. The fourth-order valence-electron chi connectivity index (χ4n) is 1.69. The number of carbonyl (C=O) groups is 1. The first-order valence-electron chi connectivity index (χ1n) is 5.73.